The monoisotopic (exact) mass is 417 g/mol. The van der Waals surface area contributed by atoms with Gasteiger partial charge in [-0.3, -0.25) is 14.4 Å². The van der Waals surface area contributed by atoms with Crippen LogP contribution in [-0.2, 0) is 22.4 Å². The van der Waals surface area contributed by atoms with Gasteiger partial charge in [0.1, 0.15) is 6.04 Å². The van der Waals surface area contributed by atoms with Crippen LogP contribution in [-0.4, -0.2) is 39.6 Å². The number of nitrogens with one attached hydrogen (secondary N) is 4. The van der Waals surface area contributed by atoms with E-state index >= 15 is 0 Å². The molecule has 0 saturated carbocycles. The average molecular weight is 417 g/mol. The molecule has 0 saturated heterocycles. The summed E-state index contributed by atoms with van der Waals surface area (Å²) >= 11 is 0. The molecular formula is C23H23N5O3. The molecule has 2 amide bonds. The summed E-state index contributed by atoms with van der Waals surface area (Å²) in [6, 6.07) is 14.3. The molecule has 4 aromatic rings. The van der Waals surface area contributed by atoms with Crippen LogP contribution >= 0.6 is 0 Å². The second-order valence-corrected chi connectivity index (χ2v) is 7.41. The Balaban J connectivity index is 1.31. The zero-order chi connectivity index (χ0) is 21.8. The van der Waals surface area contributed by atoms with Crippen molar-refractivity contribution in [3.63, 3.8) is 0 Å². The molecule has 0 aliphatic heterocycles. The summed E-state index contributed by atoms with van der Waals surface area (Å²) < 4.78 is 0. The molecule has 0 aliphatic rings. The molecule has 2 aromatic carbocycles. The van der Waals surface area contributed by atoms with Gasteiger partial charge in [-0.1, -0.05) is 36.4 Å². The van der Waals surface area contributed by atoms with E-state index in [-0.39, 0.29) is 23.8 Å². The normalized spacial score (nSPS) is 12.0. The number of amides is 2. The molecule has 8 heteroatoms. The van der Waals surface area contributed by atoms with E-state index in [9.17, 15) is 14.4 Å². The number of rotatable bonds is 7. The first-order valence-electron chi connectivity index (χ1n) is 10.1. The van der Waals surface area contributed by atoms with Gasteiger partial charge in [0.2, 0.25) is 11.8 Å². The summed E-state index contributed by atoms with van der Waals surface area (Å²) in [6.07, 6.45) is 2.59. The van der Waals surface area contributed by atoms with Gasteiger partial charge >= 0.3 is 0 Å². The highest BCUT2D eigenvalue weighted by atomic mass is 16.2. The van der Waals surface area contributed by atoms with Crippen LogP contribution in [0.1, 0.15) is 18.2 Å². The van der Waals surface area contributed by atoms with Crippen LogP contribution in [0.3, 0.4) is 0 Å². The number of carbonyl (C=O) groups is 2. The van der Waals surface area contributed by atoms with Crippen molar-refractivity contribution in [2.75, 3.05) is 6.54 Å². The maximum absolute atomic E-state index is 12.4. The maximum Gasteiger partial charge on any atom is 0.272 e. The van der Waals surface area contributed by atoms with Gasteiger partial charge in [0.05, 0.1) is 17.5 Å². The average Bonchev–Trinajstić information content (AvgIpc) is 3.19. The molecular weight excluding hydrogens is 394 g/mol. The number of fused-ring (bicyclic) bond motifs is 2. The molecule has 0 fully saturated rings. The fourth-order valence-corrected chi connectivity index (χ4v) is 3.63. The summed E-state index contributed by atoms with van der Waals surface area (Å²) in [5.41, 5.74) is 2.35. The number of aromatic nitrogens is 3. The summed E-state index contributed by atoms with van der Waals surface area (Å²) in [7, 11) is 0. The molecule has 0 bridgehead atoms. The van der Waals surface area contributed by atoms with Gasteiger partial charge in [0, 0.05) is 29.0 Å². The lowest BCUT2D eigenvalue weighted by Gasteiger charge is -2.14. The Morgan fingerprint density at radius 3 is 2.55 bits per heavy atom. The smallest absolute Gasteiger partial charge is 0.272 e. The predicted molar refractivity (Wildman–Crippen MR) is 119 cm³/mol. The highest BCUT2D eigenvalue weighted by Gasteiger charge is 2.17. The summed E-state index contributed by atoms with van der Waals surface area (Å²) in [6.45, 7) is 2.10. The lowest BCUT2D eigenvalue weighted by Crippen LogP contribution is -2.45. The van der Waals surface area contributed by atoms with E-state index in [0.29, 0.717) is 29.4 Å². The lowest BCUT2D eigenvalue weighted by atomic mass is 10.1. The van der Waals surface area contributed by atoms with Crippen LogP contribution in [0.5, 0.6) is 0 Å². The molecule has 158 valence electrons. The van der Waals surface area contributed by atoms with Gasteiger partial charge in [-0.25, -0.2) is 5.10 Å². The second kappa shape index (κ2) is 8.83. The third kappa shape index (κ3) is 4.48. The van der Waals surface area contributed by atoms with Crippen LogP contribution in [0.15, 0.2) is 59.5 Å². The minimum absolute atomic E-state index is 0.0374. The number of aromatic amines is 2. The standard InChI is InChI=1S/C23H23N5O3/c1-14(22(30)24-11-10-15-13-25-19-9-5-4-6-16(15)19)26-21(29)12-20-17-7-2-3-8-18(17)23(31)28-27-20/h2-9,13-14,25H,10-12H2,1H3,(H,24,30)(H,26,29)(H,28,31)/t14-/m1/s1. The van der Waals surface area contributed by atoms with Crippen LogP contribution in [0, 0.1) is 0 Å². The SMILES string of the molecule is C[C@@H](NC(=O)Cc1n[nH]c(=O)c2ccccc12)C(=O)NCCc1c[nH]c2ccccc12. The Bertz CT molecular complexity index is 1310. The molecule has 4 N–H and O–H groups in total. The molecule has 0 radical (unpaired) electrons. The number of benzene rings is 2. The van der Waals surface area contributed by atoms with E-state index in [1.165, 1.54) is 0 Å². The minimum Gasteiger partial charge on any atom is -0.361 e. The highest BCUT2D eigenvalue weighted by molar-refractivity contribution is 5.91. The van der Waals surface area contributed by atoms with Crippen molar-refractivity contribution in [1.29, 1.82) is 0 Å². The van der Waals surface area contributed by atoms with Gasteiger partial charge < -0.3 is 15.6 Å². The quantitative estimate of drug-likeness (QED) is 0.367. The fourth-order valence-electron chi connectivity index (χ4n) is 3.63. The molecule has 0 spiro atoms. The predicted octanol–water partition coefficient (Wildman–Crippen LogP) is 1.81. The molecule has 31 heavy (non-hydrogen) atoms. The first-order valence-corrected chi connectivity index (χ1v) is 10.1. The summed E-state index contributed by atoms with van der Waals surface area (Å²) in [4.78, 5) is 39.9. The zero-order valence-electron chi connectivity index (χ0n) is 17.1. The van der Waals surface area contributed by atoms with Crippen molar-refractivity contribution in [2.24, 2.45) is 0 Å². The summed E-state index contributed by atoms with van der Waals surface area (Å²) in [5.74, 6) is -0.601. The first-order chi connectivity index (χ1) is 15.0. The van der Waals surface area contributed by atoms with Crippen molar-refractivity contribution in [3.05, 3.63) is 76.3 Å². The second-order valence-electron chi connectivity index (χ2n) is 7.41. The van der Waals surface area contributed by atoms with E-state index in [0.717, 1.165) is 16.5 Å². The van der Waals surface area contributed by atoms with Gasteiger partial charge in [-0.2, -0.15) is 5.10 Å². The molecule has 0 aliphatic carbocycles. The third-order valence-corrected chi connectivity index (χ3v) is 5.24. The van der Waals surface area contributed by atoms with E-state index in [1.807, 2.05) is 30.5 Å². The van der Waals surface area contributed by atoms with Crippen LogP contribution in [0.25, 0.3) is 21.7 Å². The Kier molecular flexibility index (Phi) is 5.79. The van der Waals surface area contributed by atoms with Crippen LogP contribution in [0.4, 0.5) is 0 Å². The third-order valence-electron chi connectivity index (χ3n) is 5.24. The maximum atomic E-state index is 12.4. The number of H-pyrrole nitrogens is 2. The Morgan fingerprint density at radius 2 is 1.74 bits per heavy atom. The van der Waals surface area contributed by atoms with Gasteiger partial charge in [0.15, 0.2) is 0 Å². The molecule has 4 rings (SSSR count). The van der Waals surface area contributed by atoms with Gasteiger partial charge in [-0.05, 0) is 31.0 Å². The number of hydrogen-bond donors (Lipinski definition) is 4. The van der Waals surface area contributed by atoms with Crippen molar-refractivity contribution < 1.29 is 9.59 Å². The molecule has 1 atom stereocenters. The largest absolute Gasteiger partial charge is 0.361 e. The van der Waals surface area contributed by atoms with E-state index in [1.54, 1.807) is 31.2 Å². The minimum atomic E-state index is -0.690. The van der Waals surface area contributed by atoms with E-state index in [4.69, 9.17) is 0 Å². The number of para-hydroxylation sites is 1. The Morgan fingerprint density at radius 1 is 1.03 bits per heavy atom. The van der Waals surface area contributed by atoms with E-state index in [2.05, 4.69) is 25.8 Å². The van der Waals surface area contributed by atoms with Crippen LogP contribution in [0.2, 0.25) is 0 Å². The van der Waals surface area contributed by atoms with Crippen LogP contribution < -0.4 is 16.2 Å². The van der Waals surface area contributed by atoms with Gasteiger partial charge in [-0.15, -0.1) is 0 Å². The number of nitrogens with zero attached hydrogens (tertiary/aromatic N) is 1. The molecule has 8 nitrogen and oxygen atoms in total. The van der Waals surface area contributed by atoms with E-state index < -0.39 is 6.04 Å². The Labute approximate surface area is 178 Å². The molecule has 2 heterocycles. The lowest BCUT2D eigenvalue weighted by molar-refractivity contribution is -0.128. The highest BCUT2D eigenvalue weighted by Crippen LogP contribution is 2.17. The van der Waals surface area contributed by atoms with Crippen molar-refractivity contribution >= 4 is 33.5 Å². The van der Waals surface area contributed by atoms with Crippen molar-refractivity contribution in [1.82, 2.24) is 25.8 Å². The number of hydrogen-bond acceptors (Lipinski definition) is 4. The van der Waals surface area contributed by atoms with Crippen molar-refractivity contribution in [2.45, 2.75) is 25.8 Å². The topological polar surface area (TPSA) is 120 Å². The van der Waals surface area contributed by atoms with Gasteiger partial charge in [0.25, 0.3) is 5.56 Å². The number of carbonyl (C=O) groups excluding carboxylic acids is 2. The summed E-state index contributed by atoms with van der Waals surface area (Å²) in [5, 5.41) is 14.2. The zero-order valence-corrected chi connectivity index (χ0v) is 17.1. The fraction of sp³-hybridized carbons (Fsp3) is 0.217. The van der Waals surface area contributed by atoms with Crippen molar-refractivity contribution in [3.8, 4) is 0 Å². The molecule has 2 aromatic heterocycles. The molecule has 0 unspecified atom stereocenters. The Hall–Kier alpha value is -3.94. The first kappa shape index (κ1) is 20.3.